The van der Waals surface area contributed by atoms with Crippen molar-refractivity contribution in [3.63, 3.8) is 0 Å². The van der Waals surface area contributed by atoms with Gasteiger partial charge in [0.2, 0.25) is 6.41 Å². The van der Waals surface area contributed by atoms with Crippen molar-refractivity contribution in [2.75, 3.05) is 18.5 Å². The molecule has 1 fully saturated rings. The molecule has 0 aliphatic carbocycles. The quantitative estimate of drug-likeness (QED) is 0.861. The number of rotatable bonds is 5. The minimum absolute atomic E-state index is 0.234. The lowest BCUT2D eigenvalue weighted by atomic mass is 10.0. The summed E-state index contributed by atoms with van der Waals surface area (Å²) in [5.41, 5.74) is 3.17. The fourth-order valence-electron chi connectivity index (χ4n) is 2.68. The van der Waals surface area contributed by atoms with Crippen LogP contribution in [0.15, 0.2) is 36.5 Å². The summed E-state index contributed by atoms with van der Waals surface area (Å²) in [6.07, 6.45) is 4.42. The van der Waals surface area contributed by atoms with Gasteiger partial charge >= 0.3 is 0 Å². The van der Waals surface area contributed by atoms with E-state index in [2.05, 4.69) is 16.4 Å². The van der Waals surface area contributed by atoms with Crippen LogP contribution in [0, 0.1) is 6.92 Å². The van der Waals surface area contributed by atoms with Crippen molar-refractivity contribution in [1.82, 2.24) is 4.98 Å². The van der Waals surface area contributed by atoms with Gasteiger partial charge in [-0.3, -0.25) is 4.79 Å². The Morgan fingerprint density at radius 1 is 1.22 bits per heavy atom. The number of hydrogen-bond acceptors (Lipinski definition) is 4. The lowest BCUT2D eigenvalue weighted by Crippen LogP contribution is -2.26. The Balaban J connectivity index is 1.78. The number of ether oxygens (including phenoxy) is 2. The van der Waals surface area contributed by atoms with Gasteiger partial charge in [-0.15, -0.1) is 0 Å². The van der Waals surface area contributed by atoms with Gasteiger partial charge in [-0.05, 0) is 47.9 Å². The van der Waals surface area contributed by atoms with Crippen LogP contribution in [0.4, 0.5) is 5.82 Å². The van der Waals surface area contributed by atoms with Crippen LogP contribution in [-0.2, 0) is 9.53 Å². The molecule has 0 radical (unpaired) electrons. The maximum Gasteiger partial charge on any atom is 0.212 e. The first-order valence-corrected chi connectivity index (χ1v) is 7.78. The summed E-state index contributed by atoms with van der Waals surface area (Å²) < 4.78 is 11.4. The van der Waals surface area contributed by atoms with Gasteiger partial charge < -0.3 is 14.8 Å². The molecular formula is C18H20N2O3. The standard InChI is InChI=1S/C18H20N2O3/c1-13-10-14(15-4-7-19-18(11-15)20-12-21)2-3-17(13)23-16-5-8-22-9-6-16/h2-4,7,10-12,16H,5-6,8-9H2,1H3,(H,19,20,21). The van der Waals surface area contributed by atoms with Crippen LogP contribution in [0.25, 0.3) is 11.1 Å². The largest absolute Gasteiger partial charge is 0.490 e. The summed E-state index contributed by atoms with van der Waals surface area (Å²) in [6, 6.07) is 9.90. The average molecular weight is 312 g/mol. The van der Waals surface area contributed by atoms with Crippen LogP contribution in [0.5, 0.6) is 5.75 Å². The molecule has 0 bridgehead atoms. The van der Waals surface area contributed by atoms with E-state index in [1.54, 1.807) is 6.20 Å². The number of anilines is 1. The topological polar surface area (TPSA) is 60.5 Å². The number of aromatic nitrogens is 1. The van der Waals surface area contributed by atoms with Gasteiger partial charge in [-0.2, -0.15) is 0 Å². The molecule has 1 saturated heterocycles. The van der Waals surface area contributed by atoms with E-state index >= 15 is 0 Å². The van der Waals surface area contributed by atoms with Crippen molar-refractivity contribution in [1.29, 1.82) is 0 Å². The zero-order valence-corrected chi connectivity index (χ0v) is 13.1. The SMILES string of the molecule is Cc1cc(-c2ccnc(NC=O)c2)ccc1OC1CCOCC1. The van der Waals surface area contributed by atoms with Gasteiger partial charge in [0.15, 0.2) is 0 Å². The Hall–Kier alpha value is -2.40. The summed E-state index contributed by atoms with van der Waals surface area (Å²) in [5, 5.41) is 2.57. The number of aryl methyl sites for hydroxylation is 1. The van der Waals surface area contributed by atoms with Gasteiger partial charge in [-0.25, -0.2) is 4.98 Å². The van der Waals surface area contributed by atoms with E-state index in [4.69, 9.17) is 9.47 Å². The second-order valence-corrected chi connectivity index (χ2v) is 5.60. The Kier molecular flexibility index (Phi) is 4.88. The highest BCUT2D eigenvalue weighted by Gasteiger charge is 2.16. The van der Waals surface area contributed by atoms with Gasteiger partial charge in [0.05, 0.1) is 13.2 Å². The number of amides is 1. The molecule has 5 nitrogen and oxygen atoms in total. The number of hydrogen-bond donors (Lipinski definition) is 1. The molecule has 1 aromatic heterocycles. The summed E-state index contributed by atoms with van der Waals surface area (Å²) in [7, 11) is 0. The van der Waals surface area contributed by atoms with E-state index in [9.17, 15) is 4.79 Å². The van der Waals surface area contributed by atoms with Crippen LogP contribution in [0.1, 0.15) is 18.4 Å². The number of benzene rings is 1. The molecule has 1 aliphatic rings. The van der Waals surface area contributed by atoms with Crippen molar-refractivity contribution in [3.05, 3.63) is 42.1 Å². The zero-order chi connectivity index (χ0) is 16.1. The first-order chi connectivity index (χ1) is 11.3. The third-order valence-electron chi connectivity index (χ3n) is 3.94. The Bertz CT molecular complexity index is 682. The minimum Gasteiger partial charge on any atom is -0.490 e. The van der Waals surface area contributed by atoms with Crippen LogP contribution >= 0.6 is 0 Å². The molecular weight excluding hydrogens is 292 g/mol. The van der Waals surface area contributed by atoms with Gasteiger partial charge in [-0.1, -0.05) is 6.07 Å². The molecule has 0 spiro atoms. The lowest BCUT2D eigenvalue weighted by Gasteiger charge is -2.24. The summed E-state index contributed by atoms with van der Waals surface area (Å²) in [4.78, 5) is 14.6. The van der Waals surface area contributed by atoms with Crippen molar-refractivity contribution < 1.29 is 14.3 Å². The minimum atomic E-state index is 0.234. The Labute approximate surface area is 135 Å². The van der Waals surface area contributed by atoms with E-state index < -0.39 is 0 Å². The smallest absolute Gasteiger partial charge is 0.212 e. The first kappa shape index (κ1) is 15.5. The molecule has 3 rings (SSSR count). The molecule has 5 heteroatoms. The summed E-state index contributed by atoms with van der Waals surface area (Å²) in [6.45, 7) is 3.58. The molecule has 2 aromatic rings. The van der Waals surface area contributed by atoms with E-state index in [0.29, 0.717) is 12.2 Å². The summed E-state index contributed by atoms with van der Waals surface area (Å²) >= 11 is 0. The van der Waals surface area contributed by atoms with Gasteiger partial charge in [0.1, 0.15) is 17.7 Å². The predicted molar refractivity (Wildman–Crippen MR) is 88.6 cm³/mol. The Morgan fingerprint density at radius 2 is 2.00 bits per heavy atom. The molecule has 0 unspecified atom stereocenters. The van der Waals surface area contributed by atoms with Gasteiger partial charge in [0.25, 0.3) is 0 Å². The van der Waals surface area contributed by atoms with Crippen LogP contribution in [-0.4, -0.2) is 30.7 Å². The number of carbonyl (C=O) groups excluding carboxylic acids is 1. The maximum atomic E-state index is 10.5. The highest BCUT2D eigenvalue weighted by molar-refractivity contribution is 5.74. The fourth-order valence-corrected chi connectivity index (χ4v) is 2.68. The molecule has 1 N–H and O–H groups in total. The average Bonchev–Trinajstić information content (AvgIpc) is 2.58. The van der Waals surface area contributed by atoms with Crippen molar-refractivity contribution in [2.45, 2.75) is 25.9 Å². The molecule has 0 saturated carbocycles. The second-order valence-electron chi connectivity index (χ2n) is 5.60. The van der Waals surface area contributed by atoms with E-state index in [-0.39, 0.29) is 6.10 Å². The van der Waals surface area contributed by atoms with E-state index in [1.807, 2.05) is 31.2 Å². The van der Waals surface area contributed by atoms with Crippen molar-refractivity contribution in [2.24, 2.45) is 0 Å². The number of carbonyl (C=O) groups is 1. The molecule has 1 aromatic carbocycles. The number of pyridine rings is 1. The molecule has 0 atom stereocenters. The van der Waals surface area contributed by atoms with Crippen LogP contribution < -0.4 is 10.1 Å². The van der Waals surface area contributed by atoms with Crippen LogP contribution in [0.3, 0.4) is 0 Å². The fraction of sp³-hybridized carbons (Fsp3) is 0.333. The zero-order valence-electron chi connectivity index (χ0n) is 13.1. The molecule has 2 heterocycles. The Morgan fingerprint density at radius 3 is 2.74 bits per heavy atom. The molecule has 1 aliphatic heterocycles. The third-order valence-corrected chi connectivity index (χ3v) is 3.94. The molecule has 23 heavy (non-hydrogen) atoms. The lowest BCUT2D eigenvalue weighted by molar-refractivity contribution is -0.105. The van der Waals surface area contributed by atoms with Crippen molar-refractivity contribution >= 4 is 12.2 Å². The predicted octanol–water partition coefficient (Wildman–Crippen LogP) is 3.18. The molecule has 1 amide bonds. The maximum absolute atomic E-state index is 10.5. The first-order valence-electron chi connectivity index (χ1n) is 7.78. The highest BCUT2D eigenvalue weighted by Crippen LogP contribution is 2.28. The van der Waals surface area contributed by atoms with E-state index in [0.717, 1.165) is 48.5 Å². The van der Waals surface area contributed by atoms with Gasteiger partial charge in [0, 0.05) is 19.0 Å². The number of nitrogens with zero attached hydrogens (tertiary/aromatic N) is 1. The summed E-state index contributed by atoms with van der Waals surface area (Å²) in [5.74, 6) is 1.46. The van der Waals surface area contributed by atoms with Crippen LogP contribution in [0.2, 0.25) is 0 Å². The monoisotopic (exact) mass is 312 g/mol. The second kappa shape index (κ2) is 7.24. The van der Waals surface area contributed by atoms with Crippen molar-refractivity contribution in [3.8, 4) is 16.9 Å². The molecule has 120 valence electrons. The third kappa shape index (κ3) is 3.87. The number of nitrogens with one attached hydrogen (secondary N) is 1. The normalized spacial score (nSPS) is 15.2. The van der Waals surface area contributed by atoms with E-state index in [1.165, 1.54) is 0 Å². The highest BCUT2D eigenvalue weighted by atomic mass is 16.5.